The summed E-state index contributed by atoms with van der Waals surface area (Å²) < 4.78 is 38.0. The lowest BCUT2D eigenvalue weighted by molar-refractivity contribution is -0.137. The normalized spacial score (nSPS) is 18.8. The van der Waals surface area contributed by atoms with E-state index in [2.05, 4.69) is 0 Å². The number of carbonyl (C=O) groups excluding carboxylic acids is 4. The topological polar surface area (TPSA) is 71.5 Å². The average Bonchev–Trinajstić information content (AvgIpc) is 3.07. The Morgan fingerprint density at radius 2 is 1.75 bits per heavy atom. The maximum Gasteiger partial charge on any atom is 0.416 e. The molecule has 0 radical (unpaired) electrons. The van der Waals surface area contributed by atoms with E-state index in [0.717, 1.165) is 23.3 Å². The second kappa shape index (κ2) is 8.33. The number of alkyl halides is 3. The van der Waals surface area contributed by atoms with Gasteiger partial charge in [-0.1, -0.05) is 24.3 Å². The average molecular weight is 443 g/mol. The van der Waals surface area contributed by atoms with Crippen molar-refractivity contribution < 1.29 is 32.3 Å². The predicted molar refractivity (Wildman–Crippen MR) is 108 cm³/mol. The first kappa shape index (κ1) is 21.9. The van der Waals surface area contributed by atoms with Crippen LogP contribution < -0.4 is 0 Å². The fourth-order valence-corrected chi connectivity index (χ4v) is 4.24. The van der Waals surface area contributed by atoms with E-state index in [1.165, 1.54) is 17.0 Å². The van der Waals surface area contributed by atoms with Crippen LogP contribution in [-0.4, -0.2) is 34.2 Å². The van der Waals surface area contributed by atoms with Crippen molar-refractivity contribution in [2.75, 3.05) is 0 Å². The Morgan fingerprint density at radius 3 is 2.41 bits per heavy atom. The highest BCUT2D eigenvalue weighted by Gasteiger charge is 2.38. The van der Waals surface area contributed by atoms with Gasteiger partial charge >= 0.3 is 6.18 Å². The molecule has 2 aromatic carbocycles. The van der Waals surface area contributed by atoms with Crippen LogP contribution in [0, 0.1) is 0 Å². The number of rotatable bonds is 5. The Bertz CT molecular complexity index is 1110. The molecule has 166 valence electrons. The van der Waals surface area contributed by atoms with Crippen molar-refractivity contribution in [1.82, 2.24) is 4.90 Å². The van der Waals surface area contributed by atoms with E-state index in [4.69, 9.17) is 0 Å². The molecule has 2 aliphatic rings. The largest absolute Gasteiger partial charge is 0.416 e. The number of hydrogen-bond acceptors (Lipinski definition) is 4. The summed E-state index contributed by atoms with van der Waals surface area (Å²) >= 11 is 0. The van der Waals surface area contributed by atoms with Gasteiger partial charge in [0.2, 0.25) is 0 Å². The molecule has 4 rings (SSSR count). The first-order valence-electron chi connectivity index (χ1n) is 10.3. The van der Waals surface area contributed by atoms with Crippen LogP contribution in [0.15, 0.2) is 42.5 Å². The van der Waals surface area contributed by atoms with E-state index in [1.807, 2.05) is 6.07 Å². The summed E-state index contributed by atoms with van der Waals surface area (Å²) in [6.07, 6.45) is -3.47. The number of benzene rings is 2. The van der Waals surface area contributed by atoms with E-state index < -0.39 is 17.8 Å². The number of amides is 1. The van der Waals surface area contributed by atoms with E-state index in [1.54, 1.807) is 12.1 Å². The van der Waals surface area contributed by atoms with Crippen LogP contribution >= 0.6 is 0 Å². The fourth-order valence-electron chi connectivity index (χ4n) is 4.24. The lowest BCUT2D eigenvalue weighted by Crippen LogP contribution is -2.44. The van der Waals surface area contributed by atoms with Crippen molar-refractivity contribution in [3.8, 4) is 0 Å². The molecule has 0 N–H and O–H groups in total. The molecule has 32 heavy (non-hydrogen) atoms. The first-order valence-corrected chi connectivity index (χ1v) is 10.3. The zero-order chi connectivity index (χ0) is 23.0. The Balaban J connectivity index is 1.40. The van der Waals surface area contributed by atoms with Crippen LogP contribution in [0.25, 0.3) is 0 Å². The number of fused-ring (bicyclic) bond motifs is 1. The minimum atomic E-state index is -4.45. The van der Waals surface area contributed by atoms with E-state index in [9.17, 15) is 32.3 Å². The van der Waals surface area contributed by atoms with Crippen molar-refractivity contribution in [3.05, 3.63) is 70.3 Å². The first-order chi connectivity index (χ1) is 15.1. The van der Waals surface area contributed by atoms with Crippen LogP contribution in [0.3, 0.4) is 0 Å². The lowest BCUT2D eigenvalue weighted by atomic mass is 9.92. The van der Waals surface area contributed by atoms with Crippen molar-refractivity contribution in [2.24, 2.45) is 0 Å². The zero-order valence-electron chi connectivity index (χ0n) is 17.1. The van der Waals surface area contributed by atoms with Gasteiger partial charge in [-0.3, -0.25) is 19.2 Å². The van der Waals surface area contributed by atoms with Crippen molar-refractivity contribution >= 4 is 23.3 Å². The van der Waals surface area contributed by atoms with Crippen molar-refractivity contribution in [2.45, 2.75) is 50.9 Å². The zero-order valence-corrected chi connectivity index (χ0v) is 17.1. The van der Waals surface area contributed by atoms with Crippen LogP contribution in [0.2, 0.25) is 0 Å². The number of Topliss-reactive ketones (excluding diaryl/α,β-unsaturated/α-hetero) is 3. The lowest BCUT2D eigenvalue weighted by Gasteiger charge is -2.29. The number of hydrogen-bond donors (Lipinski definition) is 0. The van der Waals surface area contributed by atoms with Crippen LogP contribution in [0.5, 0.6) is 0 Å². The van der Waals surface area contributed by atoms with Gasteiger partial charge in [0.05, 0.1) is 18.0 Å². The predicted octanol–water partition coefficient (Wildman–Crippen LogP) is 4.17. The summed E-state index contributed by atoms with van der Waals surface area (Å²) in [4.78, 5) is 50.3. The molecule has 5 nitrogen and oxygen atoms in total. The molecule has 0 saturated heterocycles. The molecule has 1 unspecified atom stereocenters. The van der Waals surface area contributed by atoms with Gasteiger partial charge in [-0.2, -0.15) is 13.2 Å². The quantitative estimate of drug-likeness (QED) is 0.514. The third kappa shape index (κ3) is 4.35. The molecule has 1 amide bonds. The molecule has 1 fully saturated rings. The van der Waals surface area contributed by atoms with Gasteiger partial charge in [0, 0.05) is 30.5 Å². The number of carbonyl (C=O) groups is 4. The van der Waals surface area contributed by atoms with Crippen molar-refractivity contribution in [3.63, 3.8) is 0 Å². The molecule has 1 saturated carbocycles. The number of halogens is 3. The minimum absolute atomic E-state index is 0.101. The summed E-state index contributed by atoms with van der Waals surface area (Å²) in [5.74, 6) is -0.838. The summed E-state index contributed by atoms with van der Waals surface area (Å²) in [6.45, 7) is 0.277. The molecule has 0 spiro atoms. The van der Waals surface area contributed by atoms with Crippen LogP contribution in [0.4, 0.5) is 13.2 Å². The fraction of sp³-hybridized carbons (Fsp3) is 0.333. The van der Waals surface area contributed by atoms with Gasteiger partial charge in [0.1, 0.15) is 5.78 Å². The van der Waals surface area contributed by atoms with Crippen LogP contribution in [-0.2, 0) is 28.7 Å². The SMILES string of the molecule is O=C1CCC(N2Cc3cc(CCC(=O)c4ccc(C(F)(F)F)cc4)ccc3C2=O)C(=O)C1. The third-order valence-electron chi connectivity index (χ3n) is 5.99. The van der Waals surface area contributed by atoms with Crippen LogP contribution in [0.1, 0.15) is 63.1 Å². The Labute approximate surface area is 182 Å². The minimum Gasteiger partial charge on any atom is -0.324 e. The second-order valence-electron chi connectivity index (χ2n) is 8.16. The Morgan fingerprint density at radius 1 is 1.03 bits per heavy atom. The van der Waals surface area contributed by atoms with Gasteiger partial charge in [-0.15, -0.1) is 0 Å². The second-order valence-corrected chi connectivity index (χ2v) is 8.16. The summed E-state index contributed by atoms with van der Waals surface area (Å²) in [5.41, 5.74) is 1.50. The molecule has 1 aliphatic carbocycles. The molecule has 1 heterocycles. The van der Waals surface area contributed by atoms with Gasteiger partial charge in [-0.05, 0) is 42.2 Å². The maximum atomic E-state index is 12.7. The molecular formula is C24H20F3NO4. The van der Waals surface area contributed by atoms with E-state index in [-0.39, 0.29) is 54.6 Å². The number of nitrogens with zero attached hydrogens (tertiary/aromatic N) is 1. The van der Waals surface area contributed by atoms with E-state index in [0.29, 0.717) is 18.4 Å². The summed E-state index contributed by atoms with van der Waals surface area (Å²) in [5, 5.41) is 0. The van der Waals surface area contributed by atoms with Crippen molar-refractivity contribution in [1.29, 1.82) is 0 Å². The molecule has 1 aliphatic heterocycles. The summed E-state index contributed by atoms with van der Waals surface area (Å²) in [7, 11) is 0. The number of ketones is 3. The smallest absolute Gasteiger partial charge is 0.324 e. The summed E-state index contributed by atoms with van der Waals surface area (Å²) in [6, 6.07) is 8.79. The molecule has 0 bridgehead atoms. The highest BCUT2D eigenvalue weighted by Crippen LogP contribution is 2.31. The standard InChI is InChI=1S/C24H20F3NO4/c25-24(26,27)17-5-3-15(4-6-17)21(30)10-2-14-1-8-19-16(11-14)13-28(23(19)32)20-9-7-18(29)12-22(20)31/h1,3-6,8,11,20H,2,7,9-10,12-13H2. The Hall–Kier alpha value is -3.29. The molecular weight excluding hydrogens is 423 g/mol. The Kier molecular flexibility index (Phi) is 5.71. The monoisotopic (exact) mass is 443 g/mol. The van der Waals surface area contributed by atoms with Gasteiger partial charge in [0.15, 0.2) is 11.6 Å². The maximum absolute atomic E-state index is 12.7. The number of aryl methyl sites for hydroxylation is 1. The highest BCUT2D eigenvalue weighted by atomic mass is 19.4. The molecule has 8 heteroatoms. The third-order valence-corrected chi connectivity index (χ3v) is 5.99. The highest BCUT2D eigenvalue weighted by molar-refractivity contribution is 6.07. The molecule has 0 aromatic heterocycles. The van der Waals surface area contributed by atoms with Gasteiger partial charge in [-0.25, -0.2) is 0 Å². The molecule has 2 aromatic rings. The van der Waals surface area contributed by atoms with Gasteiger partial charge in [0.25, 0.3) is 5.91 Å². The molecule has 1 atom stereocenters. The van der Waals surface area contributed by atoms with E-state index >= 15 is 0 Å². The van der Waals surface area contributed by atoms with Gasteiger partial charge < -0.3 is 4.90 Å².